The minimum Gasteiger partial charge on any atom is -0.466 e. The topological polar surface area (TPSA) is 13.1 Å². The van der Waals surface area contributed by atoms with Gasteiger partial charge in [-0.05, 0) is 19.1 Å². The van der Waals surface area contributed by atoms with Crippen molar-refractivity contribution in [1.82, 2.24) is 0 Å². The minimum absolute atomic E-state index is 0.147. The van der Waals surface area contributed by atoms with Gasteiger partial charge >= 0.3 is 0 Å². The largest absolute Gasteiger partial charge is 0.466 e. The summed E-state index contributed by atoms with van der Waals surface area (Å²) in [5.41, 5.74) is 0.147. The van der Waals surface area contributed by atoms with Crippen LogP contribution in [0.3, 0.4) is 0 Å². The fourth-order valence-electron chi connectivity index (χ4n) is 0.838. The highest BCUT2D eigenvalue weighted by Crippen LogP contribution is 2.23. The quantitative estimate of drug-likeness (QED) is 0.572. The molecule has 0 saturated carbocycles. The van der Waals surface area contributed by atoms with Crippen molar-refractivity contribution in [3.63, 3.8) is 0 Å². The van der Waals surface area contributed by atoms with Crippen LogP contribution in [-0.4, -0.2) is 0 Å². The van der Waals surface area contributed by atoms with Gasteiger partial charge in [-0.3, -0.25) is 0 Å². The molecular formula is C11H20O. The smallest absolute Gasteiger partial charge is 0.109 e. The zero-order chi connectivity index (χ0) is 9.78. The van der Waals surface area contributed by atoms with Gasteiger partial charge < -0.3 is 4.42 Å². The van der Waals surface area contributed by atoms with E-state index in [-0.39, 0.29) is 5.41 Å². The average molecular weight is 168 g/mol. The summed E-state index contributed by atoms with van der Waals surface area (Å²) in [5, 5.41) is 0. The van der Waals surface area contributed by atoms with Gasteiger partial charge in [-0.15, -0.1) is 0 Å². The number of hydrogen-bond acceptors (Lipinski definition) is 1. The van der Waals surface area contributed by atoms with Crippen molar-refractivity contribution in [3.05, 3.63) is 23.7 Å². The van der Waals surface area contributed by atoms with E-state index in [0.29, 0.717) is 0 Å². The number of hydrogen-bond donors (Lipinski definition) is 0. The molecule has 1 rings (SSSR count). The van der Waals surface area contributed by atoms with E-state index in [4.69, 9.17) is 4.42 Å². The Bertz CT molecular complexity index is 215. The maximum Gasteiger partial charge on any atom is 0.109 e. The third-order valence-corrected chi connectivity index (χ3v) is 1.48. The lowest BCUT2D eigenvalue weighted by atomic mass is 9.94. The number of aryl methyl sites for hydroxylation is 1. The Morgan fingerprint density at radius 1 is 1.08 bits per heavy atom. The summed E-state index contributed by atoms with van der Waals surface area (Å²) in [6.45, 7) is 12.4. The van der Waals surface area contributed by atoms with Gasteiger partial charge in [0.1, 0.15) is 11.5 Å². The SMILES string of the molecule is CC.Cc1ccc(C(C)(C)C)o1. The zero-order valence-electron chi connectivity index (χ0n) is 9.06. The number of rotatable bonds is 0. The standard InChI is InChI=1S/C9H14O.C2H6/c1-7-5-6-8(10-7)9(2,3)4;1-2/h5-6H,1-4H3;1-2H3. The third-order valence-electron chi connectivity index (χ3n) is 1.48. The molecule has 0 unspecified atom stereocenters. The van der Waals surface area contributed by atoms with E-state index < -0.39 is 0 Å². The van der Waals surface area contributed by atoms with Crippen molar-refractivity contribution in [1.29, 1.82) is 0 Å². The molecule has 1 aromatic heterocycles. The van der Waals surface area contributed by atoms with Gasteiger partial charge in [0, 0.05) is 5.41 Å². The van der Waals surface area contributed by atoms with Crippen LogP contribution in [0.5, 0.6) is 0 Å². The maximum absolute atomic E-state index is 5.45. The third kappa shape index (κ3) is 3.12. The van der Waals surface area contributed by atoms with E-state index >= 15 is 0 Å². The predicted molar refractivity (Wildman–Crippen MR) is 53.5 cm³/mol. The Labute approximate surface area is 75.8 Å². The van der Waals surface area contributed by atoms with Gasteiger partial charge in [0.15, 0.2) is 0 Å². The van der Waals surface area contributed by atoms with Crippen LogP contribution < -0.4 is 0 Å². The summed E-state index contributed by atoms with van der Waals surface area (Å²) in [6, 6.07) is 4.04. The highest BCUT2D eigenvalue weighted by Gasteiger charge is 2.16. The second-order valence-corrected chi connectivity index (χ2v) is 3.66. The van der Waals surface area contributed by atoms with Crippen molar-refractivity contribution in [2.75, 3.05) is 0 Å². The first-order valence-electron chi connectivity index (χ1n) is 4.57. The van der Waals surface area contributed by atoms with E-state index in [1.54, 1.807) is 0 Å². The number of furan rings is 1. The average Bonchev–Trinajstić information content (AvgIpc) is 2.39. The van der Waals surface area contributed by atoms with Crippen molar-refractivity contribution < 1.29 is 4.42 Å². The van der Waals surface area contributed by atoms with Gasteiger partial charge in [-0.1, -0.05) is 34.6 Å². The first-order valence-corrected chi connectivity index (χ1v) is 4.57. The van der Waals surface area contributed by atoms with Crippen molar-refractivity contribution in [2.24, 2.45) is 0 Å². The van der Waals surface area contributed by atoms with Crippen molar-refractivity contribution in [2.45, 2.75) is 47.0 Å². The molecule has 70 valence electrons. The van der Waals surface area contributed by atoms with E-state index in [2.05, 4.69) is 20.8 Å². The Kier molecular flexibility index (Phi) is 4.08. The molecule has 0 amide bonds. The van der Waals surface area contributed by atoms with Crippen LogP contribution in [0.4, 0.5) is 0 Å². The molecule has 0 aliphatic heterocycles. The Morgan fingerprint density at radius 3 is 1.75 bits per heavy atom. The molecular weight excluding hydrogens is 148 g/mol. The second-order valence-electron chi connectivity index (χ2n) is 3.66. The normalized spacial score (nSPS) is 10.5. The molecule has 1 heteroatoms. The lowest BCUT2D eigenvalue weighted by Crippen LogP contribution is -2.08. The fourth-order valence-corrected chi connectivity index (χ4v) is 0.838. The molecule has 0 radical (unpaired) electrons. The summed E-state index contributed by atoms with van der Waals surface area (Å²) in [4.78, 5) is 0. The second kappa shape index (κ2) is 4.34. The molecule has 0 bridgehead atoms. The van der Waals surface area contributed by atoms with Crippen LogP contribution in [0.15, 0.2) is 16.5 Å². The molecule has 0 aliphatic rings. The van der Waals surface area contributed by atoms with Gasteiger partial charge in [0.25, 0.3) is 0 Å². The predicted octanol–water partition coefficient (Wildman–Crippen LogP) is 3.91. The summed E-state index contributed by atoms with van der Waals surface area (Å²) in [7, 11) is 0. The van der Waals surface area contributed by atoms with Crippen molar-refractivity contribution in [3.8, 4) is 0 Å². The van der Waals surface area contributed by atoms with Crippen LogP contribution in [0, 0.1) is 6.92 Å². The van der Waals surface area contributed by atoms with Crippen LogP contribution in [0.25, 0.3) is 0 Å². The van der Waals surface area contributed by atoms with Gasteiger partial charge in [-0.25, -0.2) is 0 Å². The van der Waals surface area contributed by atoms with Crippen LogP contribution in [0.2, 0.25) is 0 Å². The fraction of sp³-hybridized carbons (Fsp3) is 0.636. The first kappa shape index (κ1) is 11.3. The van der Waals surface area contributed by atoms with Crippen LogP contribution in [0.1, 0.15) is 46.1 Å². The van der Waals surface area contributed by atoms with Crippen LogP contribution >= 0.6 is 0 Å². The Balaban J connectivity index is 0.000000561. The summed E-state index contributed by atoms with van der Waals surface area (Å²) >= 11 is 0. The highest BCUT2D eigenvalue weighted by atomic mass is 16.3. The molecule has 1 heterocycles. The Hall–Kier alpha value is -0.720. The van der Waals surface area contributed by atoms with Gasteiger partial charge in [0.2, 0.25) is 0 Å². The van der Waals surface area contributed by atoms with Crippen LogP contribution in [-0.2, 0) is 5.41 Å². The lowest BCUT2D eigenvalue weighted by molar-refractivity contribution is 0.395. The monoisotopic (exact) mass is 168 g/mol. The van der Waals surface area contributed by atoms with E-state index in [1.165, 1.54) is 0 Å². The van der Waals surface area contributed by atoms with E-state index in [9.17, 15) is 0 Å². The molecule has 0 fully saturated rings. The molecule has 1 nitrogen and oxygen atoms in total. The van der Waals surface area contributed by atoms with E-state index in [1.807, 2.05) is 32.9 Å². The Morgan fingerprint density at radius 2 is 1.58 bits per heavy atom. The molecule has 1 aromatic rings. The summed E-state index contributed by atoms with van der Waals surface area (Å²) in [6.07, 6.45) is 0. The van der Waals surface area contributed by atoms with Gasteiger partial charge in [0.05, 0.1) is 0 Å². The minimum atomic E-state index is 0.147. The molecule has 0 saturated heterocycles. The molecule has 0 aromatic carbocycles. The zero-order valence-corrected chi connectivity index (χ0v) is 9.06. The van der Waals surface area contributed by atoms with Crippen molar-refractivity contribution >= 4 is 0 Å². The molecule has 12 heavy (non-hydrogen) atoms. The summed E-state index contributed by atoms with van der Waals surface area (Å²) < 4.78 is 5.45. The molecule has 0 atom stereocenters. The lowest BCUT2D eigenvalue weighted by Gasteiger charge is -2.13. The van der Waals surface area contributed by atoms with Gasteiger partial charge in [-0.2, -0.15) is 0 Å². The summed E-state index contributed by atoms with van der Waals surface area (Å²) in [5.74, 6) is 2.05. The maximum atomic E-state index is 5.45. The molecule has 0 spiro atoms. The molecule has 0 aliphatic carbocycles. The highest BCUT2D eigenvalue weighted by molar-refractivity contribution is 5.12. The van der Waals surface area contributed by atoms with E-state index in [0.717, 1.165) is 11.5 Å². The first-order chi connectivity index (χ1) is 5.50. The molecule has 0 N–H and O–H groups in total.